The smallest absolute Gasteiger partial charge is 0.395 e. The second-order valence-electron chi connectivity index (χ2n) is 6.74. The highest BCUT2D eigenvalue weighted by Crippen LogP contribution is 2.18. The van der Waals surface area contributed by atoms with Crippen molar-refractivity contribution in [1.82, 2.24) is 9.97 Å². The highest BCUT2D eigenvalue weighted by molar-refractivity contribution is 5.67. The second-order valence-corrected chi connectivity index (χ2v) is 6.74. The van der Waals surface area contributed by atoms with Gasteiger partial charge < -0.3 is 9.47 Å². The predicted octanol–water partition coefficient (Wildman–Crippen LogP) is 5.24. The minimum atomic E-state index is -0.773. The Morgan fingerprint density at radius 3 is 1.40 bits per heavy atom. The maximum absolute atomic E-state index is 12.1. The fourth-order valence-electron chi connectivity index (χ4n) is 2.99. The lowest BCUT2D eigenvalue weighted by Crippen LogP contribution is -2.13. The molecule has 0 N–H and O–H groups in total. The molecule has 0 aliphatic heterocycles. The third kappa shape index (κ3) is 5.52. The van der Waals surface area contributed by atoms with Gasteiger partial charge in [-0.3, -0.25) is 9.97 Å². The molecule has 0 unspecified atom stereocenters. The van der Waals surface area contributed by atoms with Crippen LogP contribution in [0.1, 0.15) is 22.5 Å². The van der Waals surface area contributed by atoms with E-state index in [0.29, 0.717) is 11.5 Å². The van der Waals surface area contributed by atoms with Crippen molar-refractivity contribution >= 4 is 6.16 Å². The quantitative estimate of drug-likeness (QED) is 0.330. The Bertz CT molecular complexity index is 992. The first kappa shape index (κ1) is 19.3. The van der Waals surface area contributed by atoms with Crippen molar-refractivity contribution < 1.29 is 14.3 Å². The molecule has 0 amide bonds. The van der Waals surface area contributed by atoms with Crippen LogP contribution >= 0.6 is 0 Å². The first-order valence-corrected chi connectivity index (χ1v) is 9.62. The highest BCUT2D eigenvalue weighted by atomic mass is 16.7. The molecule has 0 atom stereocenters. The van der Waals surface area contributed by atoms with Gasteiger partial charge in [-0.25, -0.2) is 4.79 Å². The first-order chi connectivity index (χ1) is 14.7. The van der Waals surface area contributed by atoms with Gasteiger partial charge in [0, 0.05) is 36.6 Å². The number of rotatable bonds is 6. The molecule has 0 bridgehead atoms. The monoisotopic (exact) mass is 396 g/mol. The van der Waals surface area contributed by atoms with Gasteiger partial charge in [0.2, 0.25) is 0 Å². The molecule has 2 aromatic heterocycles. The fourth-order valence-corrected chi connectivity index (χ4v) is 2.99. The lowest BCUT2D eigenvalue weighted by Gasteiger charge is -2.07. The molecule has 4 rings (SSSR count). The molecule has 5 nitrogen and oxygen atoms in total. The number of carbonyl (C=O) groups is 1. The minimum absolute atomic E-state index is 0.427. The highest BCUT2D eigenvalue weighted by Gasteiger charge is 2.09. The number of ether oxygens (including phenoxy) is 2. The predicted molar refractivity (Wildman–Crippen MR) is 114 cm³/mol. The zero-order valence-electron chi connectivity index (χ0n) is 16.3. The number of pyridine rings is 2. The van der Waals surface area contributed by atoms with Crippen molar-refractivity contribution in [2.45, 2.75) is 12.8 Å². The SMILES string of the molecule is O=C(Oc1ccc(Cc2ccccn2)cc1)Oc1ccc(Cc2ccccn2)cc1. The van der Waals surface area contributed by atoms with E-state index in [9.17, 15) is 4.79 Å². The summed E-state index contributed by atoms with van der Waals surface area (Å²) in [4.78, 5) is 20.7. The van der Waals surface area contributed by atoms with Gasteiger partial charge in [-0.05, 0) is 59.7 Å². The van der Waals surface area contributed by atoms with Crippen LogP contribution in [0.25, 0.3) is 0 Å². The van der Waals surface area contributed by atoms with Crippen LogP contribution in [0.4, 0.5) is 4.79 Å². The van der Waals surface area contributed by atoms with Gasteiger partial charge in [-0.15, -0.1) is 0 Å². The number of hydrogen-bond acceptors (Lipinski definition) is 5. The Kier molecular flexibility index (Phi) is 6.11. The maximum Gasteiger partial charge on any atom is 0.519 e. The summed E-state index contributed by atoms with van der Waals surface area (Å²) in [5.74, 6) is 0.855. The molecule has 30 heavy (non-hydrogen) atoms. The second kappa shape index (κ2) is 9.47. The lowest BCUT2D eigenvalue weighted by molar-refractivity contribution is 0.152. The zero-order valence-corrected chi connectivity index (χ0v) is 16.3. The summed E-state index contributed by atoms with van der Waals surface area (Å²) >= 11 is 0. The Morgan fingerprint density at radius 2 is 1.03 bits per heavy atom. The summed E-state index contributed by atoms with van der Waals surface area (Å²) < 4.78 is 10.5. The van der Waals surface area contributed by atoms with E-state index < -0.39 is 6.16 Å². The third-order valence-corrected chi connectivity index (χ3v) is 4.47. The first-order valence-electron chi connectivity index (χ1n) is 9.62. The number of aromatic nitrogens is 2. The normalized spacial score (nSPS) is 10.4. The van der Waals surface area contributed by atoms with E-state index in [1.807, 2.05) is 60.7 Å². The molecule has 0 fully saturated rings. The van der Waals surface area contributed by atoms with Gasteiger partial charge >= 0.3 is 6.16 Å². The van der Waals surface area contributed by atoms with Crippen molar-refractivity contribution in [3.05, 3.63) is 120 Å². The van der Waals surface area contributed by atoms with Crippen LogP contribution in [-0.2, 0) is 12.8 Å². The van der Waals surface area contributed by atoms with Crippen molar-refractivity contribution in [3.8, 4) is 11.5 Å². The molecule has 0 spiro atoms. The standard InChI is InChI=1S/C25H20N2O3/c28-25(29-23-11-7-19(8-12-23)17-21-5-1-3-15-26-21)30-24-13-9-20(10-14-24)18-22-6-2-4-16-27-22/h1-16H,17-18H2. The minimum Gasteiger partial charge on any atom is -0.395 e. The van der Waals surface area contributed by atoms with Gasteiger partial charge in [0.1, 0.15) is 11.5 Å². The topological polar surface area (TPSA) is 61.3 Å². The molecule has 148 valence electrons. The summed E-state index contributed by atoms with van der Waals surface area (Å²) in [6.45, 7) is 0. The van der Waals surface area contributed by atoms with Crippen molar-refractivity contribution in [2.24, 2.45) is 0 Å². The number of carbonyl (C=O) groups excluding carboxylic acids is 1. The van der Waals surface area contributed by atoms with Crippen molar-refractivity contribution in [1.29, 1.82) is 0 Å². The average molecular weight is 396 g/mol. The molecule has 4 aromatic rings. The van der Waals surface area contributed by atoms with E-state index in [1.165, 1.54) is 0 Å². The van der Waals surface area contributed by atoms with E-state index in [4.69, 9.17) is 9.47 Å². The maximum atomic E-state index is 12.1. The molecule has 0 radical (unpaired) electrons. The Morgan fingerprint density at radius 1 is 0.600 bits per heavy atom. The number of hydrogen-bond donors (Lipinski definition) is 0. The Labute approximate surface area is 175 Å². The summed E-state index contributed by atoms with van der Waals surface area (Å²) in [6.07, 6.45) is 4.21. The third-order valence-electron chi connectivity index (χ3n) is 4.47. The number of nitrogens with zero attached hydrogens (tertiary/aromatic N) is 2. The van der Waals surface area contributed by atoms with Crippen LogP contribution in [-0.4, -0.2) is 16.1 Å². The van der Waals surface area contributed by atoms with E-state index in [-0.39, 0.29) is 0 Å². The summed E-state index contributed by atoms with van der Waals surface area (Å²) in [6, 6.07) is 26.3. The average Bonchev–Trinajstić information content (AvgIpc) is 2.78. The molecule has 0 saturated carbocycles. The van der Waals surface area contributed by atoms with E-state index in [2.05, 4.69) is 9.97 Å². The molecule has 0 aliphatic rings. The molecular weight excluding hydrogens is 376 g/mol. The van der Waals surface area contributed by atoms with Crippen LogP contribution in [0.5, 0.6) is 11.5 Å². The zero-order chi connectivity index (χ0) is 20.6. The van der Waals surface area contributed by atoms with Gasteiger partial charge in [0.05, 0.1) is 0 Å². The van der Waals surface area contributed by atoms with Crippen LogP contribution in [0.2, 0.25) is 0 Å². The van der Waals surface area contributed by atoms with Crippen LogP contribution in [0.15, 0.2) is 97.3 Å². The summed E-state index contributed by atoms with van der Waals surface area (Å²) in [5.41, 5.74) is 4.13. The van der Waals surface area contributed by atoms with E-state index in [0.717, 1.165) is 35.4 Å². The van der Waals surface area contributed by atoms with E-state index in [1.54, 1.807) is 36.7 Å². The van der Waals surface area contributed by atoms with Crippen LogP contribution in [0.3, 0.4) is 0 Å². The van der Waals surface area contributed by atoms with Gasteiger partial charge in [-0.2, -0.15) is 0 Å². The van der Waals surface area contributed by atoms with Gasteiger partial charge in [-0.1, -0.05) is 36.4 Å². The fraction of sp³-hybridized carbons (Fsp3) is 0.0800. The largest absolute Gasteiger partial charge is 0.519 e. The summed E-state index contributed by atoms with van der Waals surface area (Å²) in [7, 11) is 0. The molecule has 5 heteroatoms. The molecule has 0 saturated heterocycles. The molecule has 0 aliphatic carbocycles. The Hall–Kier alpha value is -3.99. The summed E-state index contributed by atoms with van der Waals surface area (Å²) in [5, 5.41) is 0. The van der Waals surface area contributed by atoms with Crippen LogP contribution < -0.4 is 9.47 Å². The molecule has 2 heterocycles. The van der Waals surface area contributed by atoms with Crippen molar-refractivity contribution in [3.63, 3.8) is 0 Å². The molecule has 2 aromatic carbocycles. The number of benzene rings is 2. The Balaban J connectivity index is 1.30. The van der Waals surface area contributed by atoms with Crippen molar-refractivity contribution in [2.75, 3.05) is 0 Å². The lowest BCUT2D eigenvalue weighted by atomic mass is 10.1. The molecular formula is C25H20N2O3. The van der Waals surface area contributed by atoms with Crippen LogP contribution in [0, 0.1) is 0 Å². The van der Waals surface area contributed by atoms with Gasteiger partial charge in [0.25, 0.3) is 0 Å². The van der Waals surface area contributed by atoms with E-state index >= 15 is 0 Å². The van der Waals surface area contributed by atoms with Gasteiger partial charge in [0.15, 0.2) is 0 Å².